The van der Waals surface area contributed by atoms with Gasteiger partial charge in [0.2, 0.25) is 0 Å². The highest BCUT2D eigenvalue weighted by Crippen LogP contribution is 2.63. The summed E-state index contributed by atoms with van der Waals surface area (Å²) >= 11 is 0. The fraction of sp³-hybridized carbons (Fsp3) is 0.647. The zero-order chi connectivity index (χ0) is 15.8. The Morgan fingerprint density at radius 3 is 3.13 bits per heavy atom. The molecule has 1 N–H and O–H groups in total. The topological polar surface area (TPSA) is 81.5 Å². The molecule has 1 aromatic carbocycles. The maximum Gasteiger partial charge on any atom is 0.165 e. The third-order valence-electron chi connectivity index (χ3n) is 6.76. The number of hydrogen-bond donors (Lipinski definition) is 1. The number of benzene rings is 1. The molecule has 2 aliphatic heterocycles. The predicted octanol–water partition coefficient (Wildman–Crippen LogP) is 2.74. The minimum absolute atomic E-state index is 0.0874. The van der Waals surface area contributed by atoms with Crippen molar-refractivity contribution in [2.24, 2.45) is 11.0 Å². The van der Waals surface area contributed by atoms with E-state index in [0.717, 1.165) is 32.2 Å². The molecule has 2 aliphatic carbocycles. The van der Waals surface area contributed by atoms with Crippen molar-refractivity contribution in [1.29, 1.82) is 0 Å². The highest BCUT2D eigenvalue weighted by Gasteiger charge is 2.65. The third kappa shape index (κ3) is 1.46. The number of ether oxygens (including phenoxy) is 1. The van der Waals surface area contributed by atoms with Gasteiger partial charge in [0.05, 0.1) is 6.04 Å². The quantitative estimate of drug-likeness (QED) is 0.492. The zero-order valence-corrected chi connectivity index (χ0v) is 13.1. The number of nitrogens with zero attached hydrogens (tertiary/aromatic N) is 4. The SMILES string of the molecule is CN1CC[C@]23c4c5ccc(O)c4OC2C(N=[N+]=[N-])CC[C@H]3[C@H]1C5. The van der Waals surface area contributed by atoms with E-state index in [-0.39, 0.29) is 23.3 Å². The second-order valence-corrected chi connectivity index (χ2v) is 7.48. The molecule has 23 heavy (non-hydrogen) atoms. The van der Waals surface area contributed by atoms with E-state index in [4.69, 9.17) is 10.3 Å². The Labute approximate surface area is 134 Å². The van der Waals surface area contributed by atoms with Gasteiger partial charge in [-0.3, -0.25) is 0 Å². The summed E-state index contributed by atoms with van der Waals surface area (Å²) in [4.78, 5) is 5.54. The standard InChI is InChI=1S/C17H20N4O2/c1-21-7-6-17-10-3-4-11(19-20-18)16(17)23-15-13(22)5-2-9(14(15)17)8-12(10)21/h2,5,10-12,16,22H,3-4,6-8H2,1H3/t10-,11?,12+,16?,17-/m0/s1. The van der Waals surface area contributed by atoms with Crippen molar-refractivity contribution in [3.8, 4) is 11.5 Å². The van der Waals surface area contributed by atoms with Crippen LogP contribution in [0.15, 0.2) is 17.2 Å². The summed E-state index contributed by atoms with van der Waals surface area (Å²) in [7, 11) is 2.22. The Morgan fingerprint density at radius 1 is 1.43 bits per heavy atom. The second kappa shape index (κ2) is 4.34. The lowest BCUT2D eigenvalue weighted by atomic mass is 9.51. The Hall–Kier alpha value is -1.91. The normalized spacial score (nSPS) is 40.0. The number of rotatable bonds is 1. The van der Waals surface area contributed by atoms with Crippen LogP contribution in [0, 0.1) is 5.92 Å². The summed E-state index contributed by atoms with van der Waals surface area (Å²) < 4.78 is 6.28. The number of phenols is 1. The molecule has 2 unspecified atom stereocenters. The Kier molecular flexibility index (Phi) is 2.55. The van der Waals surface area contributed by atoms with Crippen LogP contribution in [0.4, 0.5) is 0 Å². The van der Waals surface area contributed by atoms with Gasteiger partial charge < -0.3 is 14.7 Å². The van der Waals surface area contributed by atoms with E-state index in [1.54, 1.807) is 6.07 Å². The Balaban J connectivity index is 1.78. The Bertz CT molecular complexity index is 744. The number of hydrogen-bond acceptors (Lipinski definition) is 4. The van der Waals surface area contributed by atoms with Crippen LogP contribution in [0.3, 0.4) is 0 Å². The molecule has 2 heterocycles. The van der Waals surface area contributed by atoms with Crippen LogP contribution < -0.4 is 4.74 Å². The molecule has 1 saturated heterocycles. The molecule has 5 rings (SSSR count). The number of phenolic OH excluding ortho intramolecular Hbond substituents is 1. The van der Waals surface area contributed by atoms with E-state index in [1.807, 2.05) is 0 Å². The first-order valence-electron chi connectivity index (χ1n) is 8.43. The molecule has 1 saturated carbocycles. The molecule has 5 atom stereocenters. The molecular weight excluding hydrogens is 292 g/mol. The van der Waals surface area contributed by atoms with Crippen LogP contribution in [0.2, 0.25) is 0 Å². The second-order valence-electron chi connectivity index (χ2n) is 7.48. The molecule has 120 valence electrons. The van der Waals surface area contributed by atoms with Gasteiger partial charge in [0.15, 0.2) is 11.5 Å². The number of aromatic hydroxyl groups is 1. The van der Waals surface area contributed by atoms with Crippen LogP contribution in [0.1, 0.15) is 30.4 Å². The van der Waals surface area contributed by atoms with E-state index >= 15 is 0 Å². The van der Waals surface area contributed by atoms with Crippen LogP contribution in [-0.4, -0.2) is 41.8 Å². The molecule has 0 amide bonds. The van der Waals surface area contributed by atoms with Crippen molar-refractivity contribution < 1.29 is 9.84 Å². The van der Waals surface area contributed by atoms with E-state index in [2.05, 4.69) is 28.0 Å². The molecule has 0 radical (unpaired) electrons. The van der Waals surface area contributed by atoms with Crippen molar-refractivity contribution in [3.05, 3.63) is 33.7 Å². The molecular formula is C17H20N4O2. The van der Waals surface area contributed by atoms with Gasteiger partial charge >= 0.3 is 0 Å². The highest BCUT2D eigenvalue weighted by molar-refractivity contribution is 5.60. The summed E-state index contributed by atoms with van der Waals surface area (Å²) in [6, 6.07) is 4.19. The lowest BCUT2D eigenvalue weighted by Gasteiger charge is -2.58. The van der Waals surface area contributed by atoms with Gasteiger partial charge in [-0.15, -0.1) is 0 Å². The maximum atomic E-state index is 10.3. The van der Waals surface area contributed by atoms with Gasteiger partial charge in [0.1, 0.15) is 6.10 Å². The molecule has 2 fully saturated rings. The summed E-state index contributed by atoms with van der Waals surface area (Å²) in [5.74, 6) is 1.40. The predicted molar refractivity (Wildman–Crippen MR) is 84.6 cm³/mol. The minimum atomic E-state index is -0.141. The van der Waals surface area contributed by atoms with Crippen LogP contribution in [0.5, 0.6) is 11.5 Å². The van der Waals surface area contributed by atoms with Gasteiger partial charge in [-0.1, -0.05) is 11.2 Å². The molecule has 1 spiro atoms. The molecule has 4 aliphatic rings. The van der Waals surface area contributed by atoms with Gasteiger partial charge in [0.25, 0.3) is 0 Å². The maximum absolute atomic E-state index is 10.3. The minimum Gasteiger partial charge on any atom is -0.504 e. The van der Waals surface area contributed by atoms with Gasteiger partial charge in [-0.2, -0.15) is 0 Å². The summed E-state index contributed by atoms with van der Waals surface area (Å²) in [5.41, 5.74) is 11.4. The lowest BCUT2D eigenvalue weighted by molar-refractivity contribution is -0.0509. The molecule has 2 bridgehead atoms. The molecule has 6 heteroatoms. The highest BCUT2D eigenvalue weighted by atomic mass is 16.5. The van der Waals surface area contributed by atoms with Crippen LogP contribution >= 0.6 is 0 Å². The zero-order valence-electron chi connectivity index (χ0n) is 13.1. The van der Waals surface area contributed by atoms with Gasteiger partial charge in [0, 0.05) is 21.9 Å². The summed E-state index contributed by atoms with van der Waals surface area (Å²) in [5, 5.41) is 14.4. The van der Waals surface area contributed by atoms with Crippen molar-refractivity contribution >= 4 is 0 Å². The number of azide groups is 1. The molecule has 0 aromatic heterocycles. The Morgan fingerprint density at radius 2 is 2.30 bits per heavy atom. The van der Waals surface area contributed by atoms with Crippen molar-refractivity contribution in [2.45, 2.75) is 49.3 Å². The molecule has 1 aromatic rings. The number of piperidine rings is 1. The monoisotopic (exact) mass is 312 g/mol. The smallest absolute Gasteiger partial charge is 0.165 e. The fourth-order valence-electron chi connectivity index (χ4n) is 5.89. The van der Waals surface area contributed by atoms with E-state index in [0.29, 0.717) is 17.7 Å². The summed E-state index contributed by atoms with van der Waals surface area (Å²) in [6.07, 6.45) is 3.84. The van der Waals surface area contributed by atoms with Crippen molar-refractivity contribution in [3.63, 3.8) is 0 Å². The van der Waals surface area contributed by atoms with E-state index < -0.39 is 0 Å². The third-order valence-corrected chi connectivity index (χ3v) is 6.76. The van der Waals surface area contributed by atoms with Gasteiger partial charge in [-0.05, 0) is 62.4 Å². The first-order valence-corrected chi connectivity index (χ1v) is 8.43. The average molecular weight is 312 g/mol. The number of likely N-dealkylation sites (tertiary alicyclic amines) is 1. The van der Waals surface area contributed by atoms with Crippen molar-refractivity contribution in [2.75, 3.05) is 13.6 Å². The first-order chi connectivity index (χ1) is 11.2. The largest absolute Gasteiger partial charge is 0.504 e. The fourth-order valence-corrected chi connectivity index (χ4v) is 5.89. The van der Waals surface area contributed by atoms with Crippen molar-refractivity contribution in [1.82, 2.24) is 4.90 Å². The van der Waals surface area contributed by atoms with E-state index in [1.165, 1.54) is 11.1 Å². The lowest BCUT2D eigenvalue weighted by Crippen LogP contribution is -2.65. The van der Waals surface area contributed by atoms with Crippen LogP contribution in [-0.2, 0) is 11.8 Å². The summed E-state index contributed by atoms with van der Waals surface area (Å²) in [6.45, 7) is 1.03. The first kappa shape index (κ1) is 13.5. The molecule has 6 nitrogen and oxygen atoms in total. The number of likely N-dealkylation sites (N-methyl/N-ethyl adjacent to an activating group) is 1. The average Bonchev–Trinajstić information content (AvgIpc) is 2.90. The van der Waals surface area contributed by atoms with E-state index in [9.17, 15) is 5.11 Å². The van der Waals surface area contributed by atoms with Crippen LogP contribution in [0.25, 0.3) is 10.4 Å². The van der Waals surface area contributed by atoms with Gasteiger partial charge in [-0.25, -0.2) is 0 Å².